The summed E-state index contributed by atoms with van der Waals surface area (Å²) in [6, 6.07) is -0.240. The summed E-state index contributed by atoms with van der Waals surface area (Å²) in [6.07, 6.45) is 1.97. The molecule has 2 rings (SSSR count). The first-order valence-electron chi connectivity index (χ1n) is 5.70. The second kappa shape index (κ2) is 4.87. The lowest BCUT2D eigenvalue weighted by Crippen LogP contribution is -2.37. The molecule has 18 heavy (non-hydrogen) atoms. The van der Waals surface area contributed by atoms with E-state index < -0.39 is 11.7 Å². The van der Waals surface area contributed by atoms with E-state index in [9.17, 15) is 13.6 Å². The van der Waals surface area contributed by atoms with Crippen LogP contribution in [-0.4, -0.2) is 34.2 Å². The monoisotopic (exact) mass is 260 g/mol. The molecular weight excluding hydrogens is 246 g/mol. The molecule has 1 aromatic rings. The van der Waals surface area contributed by atoms with E-state index in [0.717, 1.165) is 12.8 Å². The number of hydrogen-bond acceptors (Lipinski definition) is 4. The Hall–Kier alpha value is -1.73. The van der Waals surface area contributed by atoms with Gasteiger partial charge >= 0.3 is 12.0 Å². The van der Waals surface area contributed by atoms with Crippen molar-refractivity contribution in [2.75, 3.05) is 13.1 Å². The number of alkyl halides is 2. The van der Waals surface area contributed by atoms with Crippen molar-refractivity contribution in [3.63, 3.8) is 0 Å². The third kappa shape index (κ3) is 2.93. The zero-order valence-corrected chi connectivity index (χ0v) is 9.95. The molecule has 0 bridgehead atoms. The first kappa shape index (κ1) is 12.7. The fourth-order valence-corrected chi connectivity index (χ4v) is 1.69. The number of likely N-dealkylation sites (tertiary alicyclic amines) is 1. The summed E-state index contributed by atoms with van der Waals surface area (Å²) in [5, 5.41) is 5.71. The summed E-state index contributed by atoms with van der Waals surface area (Å²) < 4.78 is 30.3. The van der Waals surface area contributed by atoms with Crippen molar-refractivity contribution in [2.24, 2.45) is 0 Å². The lowest BCUT2D eigenvalue weighted by molar-refractivity contribution is 0.00559. The number of urea groups is 1. The van der Waals surface area contributed by atoms with Crippen LogP contribution in [0, 0.1) is 0 Å². The Morgan fingerprint density at radius 2 is 2.17 bits per heavy atom. The quantitative estimate of drug-likeness (QED) is 0.893. The minimum absolute atomic E-state index is 0.0286. The Labute approximate surface area is 102 Å². The van der Waals surface area contributed by atoms with Crippen molar-refractivity contribution in [3.05, 3.63) is 11.7 Å². The maximum Gasteiger partial charge on any atom is 0.317 e. The van der Waals surface area contributed by atoms with Crippen LogP contribution >= 0.6 is 0 Å². The molecule has 0 aromatic carbocycles. The van der Waals surface area contributed by atoms with Gasteiger partial charge in [0, 0.05) is 20.0 Å². The van der Waals surface area contributed by atoms with Crippen LogP contribution in [0.2, 0.25) is 0 Å². The van der Waals surface area contributed by atoms with E-state index in [1.807, 2.05) is 0 Å². The van der Waals surface area contributed by atoms with Gasteiger partial charge in [-0.3, -0.25) is 0 Å². The van der Waals surface area contributed by atoms with Gasteiger partial charge in [-0.1, -0.05) is 5.16 Å². The lowest BCUT2D eigenvalue weighted by Gasteiger charge is -2.14. The zero-order valence-electron chi connectivity index (χ0n) is 9.95. The fraction of sp³-hybridized carbons (Fsp3) is 0.700. The number of amides is 2. The highest BCUT2D eigenvalue weighted by molar-refractivity contribution is 5.74. The molecule has 2 heterocycles. The Morgan fingerprint density at radius 1 is 1.50 bits per heavy atom. The summed E-state index contributed by atoms with van der Waals surface area (Å²) >= 11 is 0. The Morgan fingerprint density at radius 3 is 2.72 bits per heavy atom. The van der Waals surface area contributed by atoms with Gasteiger partial charge in [-0.25, -0.2) is 4.79 Å². The van der Waals surface area contributed by atoms with E-state index in [2.05, 4.69) is 20.0 Å². The predicted molar refractivity (Wildman–Crippen MR) is 56.9 cm³/mol. The number of aromatic nitrogens is 2. The molecule has 0 spiro atoms. The average molecular weight is 260 g/mol. The second-order valence-corrected chi connectivity index (χ2v) is 4.25. The van der Waals surface area contributed by atoms with E-state index in [4.69, 9.17) is 0 Å². The van der Waals surface area contributed by atoms with Gasteiger partial charge in [-0.05, 0) is 12.8 Å². The first-order valence-corrected chi connectivity index (χ1v) is 5.70. The highest BCUT2D eigenvalue weighted by Crippen LogP contribution is 2.23. The second-order valence-electron chi connectivity index (χ2n) is 4.25. The summed E-state index contributed by atoms with van der Waals surface area (Å²) in [5.41, 5.74) is 0. The van der Waals surface area contributed by atoms with Gasteiger partial charge in [0.15, 0.2) is 0 Å². The van der Waals surface area contributed by atoms with Gasteiger partial charge in [-0.2, -0.15) is 13.8 Å². The number of hydrogen-bond donors (Lipinski definition) is 1. The van der Waals surface area contributed by atoms with Crippen molar-refractivity contribution in [1.82, 2.24) is 20.4 Å². The van der Waals surface area contributed by atoms with Crippen LogP contribution in [0.5, 0.6) is 0 Å². The maximum absolute atomic E-state index is 12.8. The van der Waals surface area contributed by atoms with Gasteiger partial charge < -0.3 is 14.7 Å². The number of carbonyl (C=O) groups is 1. The molecule has 0 radical (unpaired) electrons. The Bertz CT molecular complexity index is 424. The van der Waals surface area contributed by atoms with Crippen LogP contribution in [0.15, 0.2) is 4.52 Å². The molecule has 100 valence electrons. The van der Waals surface area contributed by atoms with Crippen LogP contribution in [0.3, 0.4) is 0 Å². The Balaban J connectivity index is 1.86. The molecule has 1 N–H and O–H groups in total. The molecule has 1 aliphatic rings. The van der Waals surface area contributed by atoms with Gasteiger partial charge in [0.1, 0.15) is 0 Å². The van der Waals surface area contributed by atoms with Crippen LogP contribution in [0.25, 0.3) is 0 Å². The molecule has 1 saturated heterocycles. The van der Waals surface area contributed by atoms with Crippen molar-refractivity contribution in [2.45, 2.75) is 32.2 Å². The van der Waals surface area contributed by atoms with E-state index in [1.165, 1.54) is 0 Å². The molecule has 0 saturated carbocycles. The van der Waals surface area contributed by atoms with E-state index in [-0.39, 0.29) is 18.5 Å². The number of nitrogens with zero attached hydrogens (tertiary/aromatic N) is 3. The summed E-state index contributed by atoms with van der Waals surface area (Å²) in [5.74, 6) is -3.84. The SMILES string of the molecule is CC(F)(F)c1noc(CNC(=O)N2CCCC2)n1. The number of carbonyl (C=O) groups excluding carboxylic acids is 1. The minimum atomic E-state index is -3.14. The largest absolute Gasteiger partial charge is 0.337 e. The average Bonchev–Trinajstić information content (AvgIpc) is 2.96. The summed E-state index contributed by atoms with van der Waals surface area (Å²) in [4.78, 5) is 16.8. The van der Waals surface area contributed by atoms with Gasteiger partial charge in [-0.15, -0.1) is 0 Å². The van der Waals surface area contributed by atoms with Crippen LogP contribution in [-0.2, 0) is 12.5 Å². The van der Waals surface area contributed by atoms with Crippen molar-refractivity contribution >= 4 is 6.03 Å². The number of nitrogens with one attached hydrogen (secondary N) is 1. The smallest absolute Gasteiger partial charge is 0.317 e. The number of rotatable bonds is 3. The summed E-state index contributed by atoms with van der Waals surface area (Å²) in [6.45, 7) is 2.07. The van der Waals surface area contributed by atoms with Crippen molar-refractivity contribution < 1.29 is 18.1 Å². The molecule has 2 amide bonds. The third-order valence-electron chi connectivity index (χ3n) is 2.64. The highest BCUT2D eigenvalue weighted by Gasteiger charge is 2.31. The number of halogens is 2. The van der Waals surface area contributed by atoms with Crippen molar-refractivity contribution in [3.8, 4) is 0 Å². The highest BCUT2D eigenvalue weighted by atomic mass is 19.3. The molecule has 0 aliphatic carbocycles. The molecule has 1 aliphatic heterocycles. The predicted octanol–water partition coefficient (Wildman–Crippen LogP) is 1.49. The lowest BCUT2D eigenvalue weighted by atomic mass is 10.4. The van der Waals surface area contributed by atoms with Crippen LogP contribution < -0.4 is 5.32 Å². The molecule has 1 fully saturated rings. The molecule has 0 atom stereocenters. The van der Waals surface area contributed by atoms with E-state index in [1.54, 1.807) is 4.90 Å². The standard InChI is InChI=1S/C10H14F2N4O2/c1-10(11,12)8-14-7(18-15-8)6-13-9(17)16-4-2-3-5-16/h2-6H2,1H3,(H,13,17). The summed E-state index contributed by atoms with van der Waals surface area (Å²) in [7, 11) is 0. The van der Waals surface area contributed by atoms with E-state index >= 15 is 0 Å². The topological polar surface area (TPSA) is 71.3 Å². The van der Waals surface area contributed by atoms with E-state index in [0.29, 0.717) is 20.0 Å². The normalized spacial score (nSPS) is 16.1. The molecule has 6 nitrogen and oxygen atoms in total. The third-order valence-corrected chi connectivity index (χ3v) is 2.64. The Kier molecular flexibility index (Phi) is 3.44. The minimum Gasteiger partial charge on any atom is -0.337 e. The molecular formula is C10H14F2N4O2. The first-order chi connectivity index (χ1) is 8.47. The zero-order chi connectivity index (χ0) is 13.2. The molecule has 1 aromatic heterocycles. The van der Waals surface area contributed by atoms with Crippen LogP contribution in [0.4, 0.5) is 13.6 Å². The van der Waals surface area contributed by atoms with Crippen LogP contribution in [0.1, 0.15) is 31.5 Å². The maximum atomic E-state index is 12.8. The molecule has 8 heteroatoms. The fourth-order valence-electron chi connectivity index (χ4n) is 1.69. The molecule has 0 unspecified atom stereocenters. The van der Waals surface area contributed by atoms with Gasteiger partial charge in [0.2, 0.25) is 11.7 Å². The van der Waals surface area contributed by atoms with Crippen molar-refractivity contribution in [1.29, 1.82) is 0 Å². The van der Waals surface area contributed by atoms with Gasteiger partial charge in [0.25, 0.3) is 0 Å². The van der Waals surface area contributed by atoms with Gasteiger partial charge in [0.05, 0.1) is 6.54 Å².